The molecule has 0 radical (unpaired) electrons. The first kappa shape index (κ1) is 41.6. The second-order valence-corrected chi connectivity index (χ2v) is 13.5. The van der Waals surface area contributed by atoms with Crippen LogP contribution in [0.1, 0.15) is 58.9 Å². The topological polar surface area (TPSA) is 310 Å². The second kappa shape index (κ2) is 18.4. The average molecular weight is 728 g/mol. The number of hydrogen-bond acceptors (Lipinski definition) is 10. The molecule has 1 aromatic carbocycles. The molecule has 50 heavy (non-hydrogen) atoms. The van der Waals surface area contributed by atoms with Crippen LogP contribution in [-0.2, 0) is 44.5 Å². The molecule has 0 aromatic heterocycles. The van der Waals surface area contributed by atoms with Gasteiger partial charge in [-0.1, -0.05) is 26.0 Å². The normalized spacial score (nSPS) is 17.4. The molecule has 1 heterocycles. The van der Waals surface area contributed by atoms with Crippen LogP contribution in [0.15, 0.2) is 24.3 Å². The number of carbonyl (C=O) groups excluding carboxylic acids is 7. The smallest absolute Gasteiger partial charge is 0.404 e. The van der Waals surface area contributed by atoms with Gasteiger partial charge in [0.2, 0.25) is 41.4 Å². The number of phosphoric acid groups is 1. The van der Waals surface area contributed by atoms with Crippen molar-refractivity contribution in [3.05, 3.63) is 29.8 Å². The molecule has 0 bridgehead atoms. The number of primary amides is 2. The van der Waals surface area contributed by atoms with Crippen molar-refractivity contribution >= 4 is 49.2 Å². The summed E-state index contributed by atoms with van der Waals surface area (Å²) in [5.74, 6) is -5.93. The zero-order valence-corrected chi connectivity index (χ0v) is 29.1. The first-order chi connectivity index (χ1) is 23.2. The molecule has 20 heteroatoms. The fourth-order valence-electron chi connectivity index (χ4n) is 5.27. The van der Waals surface area contributed by atoms with E-state index >= 15 is 0 Å². The number of nitrogens with one attached hydrogen (secondary N) is 4. The predicted octanol–water partition coefficient (Wildman–Crippen LogP) is -2.56. The van der Waals surface area contributed by atoms with E-state index in [2.05, 4.69) is 25.8 Å². The SMILES string of the molecule is CC(=O)N[C@@H](Cc1ccc(OP(=O)(O)O)cc1)C(=O)N[C@H](C(=O)N1CCC[C@H]1C(=O)N[C@@H](CCC(N)=O)C(=O)N[C@H](C(N)=O)[C@@H](C)O)C(C)C. The molecule has 0 aliphatic carbocycles. The van der Waals surface area contributed by atoms with Gasteiger partial charge in [-0.2, -0.15) is 0 Å². The molecule has 19 nitrogen and oxygen atoms in total. The van der Waals surface area contributed by atoms with Gasteiger partial charge in [0.15, 0.2) is 0 Å². The number of aliphatic hydroxyl groups excluding tert-OH is 1. The Morgan fingerprint density at radius 2 is 1.50 bits per heavy atom. The van der Waals surface area contributed by atoms with Gasteiger partial charge in [-0.15, -0.1) is 0 Å². The summed E-state index contributed by atoms with van der Waals surface area (Å²) in [6, 6.07) is -0.813. The molecule has 7 amide bonds. The Kier molecular flexibility index (Phi) is 15.3. The molecule has 1 aromatic rings. The number of likely N-dealkylation sites (tertiary alicyclic amines) is 1. The van der Waals surface area contributed by atoms with E-state index in [4.69, 9.17) is 21.3 Å². The van der Waals surface area contributed by atoms with Crippen molar-refractivity contribution in [3.63, 3.8) is 0 Å². The Balaban J connectivity index is 2.23. The van der Waals surface area contributed by atoms with E-state index in [9.17, 15) is 43.2 Å². The summed E-state index contributed by atoms with van der Waals surface area (Å²) in [5.41, 5.74) is 11.0. The first-order valence-corrected chi connectivity index (χ1v) is 17.3. The Labute approximate surface area is 288 Å². The number of phosphoric ester groups is 1. The minimum atomic E-state index is -4.79. The minimum Gasteiger partial charge on any atom is -0.404 e. The zero-order chi connectivity index (χ0) is 37.9. The van der Waals surface area contributed by atoms with Crippen molar-refractivity contribution in [2.45, 2.75) is 96.1 Å². The third kappa shape index (κ3) is 13.0. The van der Waals surface area contributed by atoms with Gasteiger partial charge < -0.3 is 47.3 Å². The number of rotatable bonds is 18. The molecule has 1 saturated heterocycles. The summed E-state index contributed by atoms with van der Waals surface area (Å²) in [6.45, 7) is 5.90. The Morgan fingerprint density at radius 1 is 0.920 bits per heavy atom. The fraction of sp³-hybridized carbons (Fsp3) is 0.567. The highest BCUT2D eigenvalue weighted by Gasteiger charge is 2.40. The largest absolute Gasteiger partial charge is 0.524 e. The van der Waals surface area contributed by atoms with Crippen molar-refractivity contribution in [2.75, 3.05) is 6.54 Å². The molecule has 2 rings (SSSR count). The maximum absolute atomic E-state index is 13.9. The number of nitrogens with zero attached hydrogens (tertiary/aromatic N) is 1. The van der Waals surface area contributed by atoms with Gasteiger partial charge in [0.1, 0.15) is 36.0 Å². The van der Waals surface area contributed by atoms with Crippen LogP contribution in [0.2, 0.25) is 0 Å². The number of nitrogens with two attached hydrogens (primary N) is 2. The number of hydrogen-bond donors (Lipinski definition) is 9. The molecule has 11 N–H and O–H groups in total. The quantitative estimate of drug-likeness (QED) is 0.0706. The van der Waals surface area contributed by atoms with Crippen molar-refractivity contribution in [2.24, 2.45) is 17.4 Å². The maximum atomic E-state index is 13.9. The van der Waals surface area contributed by atoms with Crippen molar-refractivity contribution in [3.8, 4) is 5.75 Å². The molecular weight excluding hydrogens is 681 g/mol. The molecular formula is C30H46N7O12P. The van der Waals surface area contributed by atoms with Crippen LogP contribution in [0, 0.1) is 5.92 Å². The zero-order valence-electron chi connectivity index (χ0n) is 28.2. The molecule has 1 fully saturated rings. The Bertz CT molecular complexity index is 1470. The molecule has 0 unspecified atom stereocenters. The van der Waals surface area contributed by atoms with E-state index in [1.807, 2.05) is 0 Å². The number of aliphatic hydroxyl groups is 1. The Hall–Kier alpha value is -4.58. The van der Waals surface area contributed by atoms with Gasteiger partial charge in [0, 0.05) is 26.3 Å². The maximum Gasteiger partial charge on any atom is 0.524 e. The van der Waals surface area contributed by atoms with Gasteiger partial charge in [-0.25, -0.2) is 4.57 Å². The third-order valence-corrected chi connectivity index (χ3v) is 8.20. The van der Waals surface area contributed by atoms with Crippen LogP contribution in [0.5, 0.6) is 5.75 Å². The average Bonchev–Trinajstić information content (AvgIpc) is 3.49. The van der Waals surface area contributed by atoms with Gasteiger partial charge in [0.25, 0.3) is 0 Å². The van der Waals surface area contributed by atoms with E-state index in [1.165, 1.54) is 43.0 Å². The van der Waals surface area contributed by atoms with E-state index in [0.717, 1.165) is 0 Å². The predicted molar refractivity (Wildman–Crippen MR) is 175 cm³/mol. The summed E-state index contributed by atoms with van der Waals surface area (Å²) in [6.07, 6.45) is -1.39. The molecule has 6 atom stereocenters. The van der Waals surface area contributed by atoms with Crippen LogP contribution in [0.4, 0.5) is 0 Å². The van der Waals surface area contributed by atoms with Crippen molar-refractivity contribution in [1.82, 2.24) is 26.2 Å². The Morgan fingerprint density at radius 3 is 2.00 bits per heavy atom. The lowest BCUT2D eigenvalue weighted by Crippen LogP contribution is -2.60. The first-order valence-electron chi connectivity index (χ1n) is 15.8. The van der Waals surface area contributed by atoms with Gasteiger partial charge >= 0.3 is 7.82 Å². The number of amides is 7. The molecule has 0 saturated carbocycles. The lowest BCUT2D eigenvalue weighted by molar-refractivity contribution is -0.143. The van der Waals surface area contributed by atoms with E-state index in [-0.39, 0.29) is 38.0 Å². The molecule has 0 spiro atoms. The van der Waals surface area contributed by atoms with Gasteiger partial charge in [-0.05, 0) is 49.8 Å². The van der Waals surface area contributed by atoms with Gasteiger partial charge in [-0.3, -0.25) is 43.3 Å². The van der Waals surface area contributed by atoms with Crippen LogP contribution in [0.25, 0.3) is 0 Å². The van der Waals surface area contributed by atoms with Crippen LogP contribution in [0.3, 0.4) is 0 Å². The van der Waals surface area contributed by atoms with E-state index < -0.39 is 91.4 Å². The number of benzene rings is 1. The van der Waals surface area contributed by atoms with E-state index in [1.54, 1.807) is 13.8 Å². The summed E-state index contributed by atoms with van der Waals surface area (Å²) >= 11 is 0. The van der Waals surface area contributed by atoms with Crippen LogP contribution in [-0.4, -0.2) is 104 Å². The summed E-state index contributed by atoms with van der Waals surface area (Å²) in [7, 11) is -4.79. The lowest BCUT2D eigenvalue weighted by atomic mass is 10.00. The summed E-state index contributed by atoms with van der Waals surface area (Å²) in [5, 5.41) is 19.8. The second-order valence-electron chi connectivity index (χ2n) is 12.3. The van der Waals surface area contributed by atoms with Crippen LogP contribution < -0.4 is 37.3 Å². The standard InChI is InChI=1S/C30H46N7O12P/c1-15(2)24(35-28(43)21(33-17(4)39)14-18-7-9-19(10-8-18)49-50(46,47)48)30(45)37-13-5-6-22(37)29(44)34-20(11-12-23(31)40)27(42)36-25(16(3)38)26(32)41/h7-10,15-16,20-22,24-25,38H,5-6,11-14H2,1-4H3,(H2,31,40)(H2,32,41)(H,33,39)(H,34,44)(H,35,43)(H,36,42)(H2,46,47,48)/t16-,20+,21+,22+,24+,25+/m1/s1. The van der Waals surface area contributed by atoms with Gasteiger partial charge in [0.05, 0.1) is 6.10 Å². The van der Waals surface area contributed by atoms with Crippen LogP contribution >= 0.6 is 7.82 Å². The fourth-order valence-corrected chi connectivity index (χ4v) is 5.67. The molecule has 278 valence electrons. The summed E-state index contributed by atoms with van der Waals surface area (Å²) < 4.78 is 15.6. The highest BCUT2D eigenvalue weighted by Crippen LogP contribution is 2.37. The lowest BCUT2D eigenvalue weighted by Gasteiger charge is -2.32. The molecule has 1 aliphatic rings. The monoisotopic (exact) mass is 727 g/mol. The van der Waals surface area contributed by atoms with Crippen molar-refractivity contribution in [1.29, 1.82) is 0 Å². The van der Waals surface area contributed by atoms with E-state index in [0.29, 0.717) is 12.0 Å². The molecule has 1 aliphatic heterocycles. The highest BCUT2D eigenvalue weighted by atomic mass is 31.2. The minimum absolute atomic E-state index is 0.0597. The third-order valence-electron chi connectivity index (χ3n) is 7.75. The highest BCUT2D eigenvalue weighted by molar-refractivity contribution is 7.46. The van der Waals surface area contributed by atoms with Crippen molar-refractivity contribution < 1.29 is 57.5 Å². The summed E-state index contributed by atoms with van der Waals surface area (Å²) in [4.78, 5) is 108. The number of carbonyl (C=O) groups is 7.